The first-order valence-electron chi connectivity index (χ1n) is 13.9. The Labute approximate surface area is 245 Å². The number of fused-ring (bicyclic) bond motifs is 2. The molecular formula is C31H28N6O6. The van der Waals surface area contributed by atoms with Crippen LogP contribution in [-0.4, -0.2) is 39.4 Å². The molecule has 1 atom stereocenters. The summed E-state index contributed by atoms with van der Waals surface area (Å²) in [6.45, 7) is 1.25. The van der Waals surface area contributed by atoms with Crippen molar-refractivity contribution in [3.8, 4) is 0 Å². The number of carbonyl (C=O) groups is 3. The number of anilines is 2. The lowest BCUT2D eigenvalue weighted by Crippen LogP contribution is -2.42. The van der Waals surface area contributed by atoms with Crippen LogP contribution in [-0.2, 0) is 25.9 Å². The first kappa shape index (κ1) is 27.8. The van der Waals surface area contributed by atoms with Gasteiger partial charge in [0.1, 0.15) is 29.1 Å². The Bertz CT molecular complexity index is 1860. The Morgan fingerprint density at radius 2 is 1.72 bits per heavy atom. The van der Waals surface area contributed by atoms with Crippen molar-refractivity contribution in [3.05, 3.63) is 114 Å². The first-order valence-corrected chi connectivity index (χ1v) is 13.9. The number of hydrogen-bond donors (Lipinski definition) is 4. The van der Waals surface area contributed by atoms with E-state index in [-0.39, 0.29) is 40.9 Å². The van der Waals surface area contributed by atoms with E-state index in [1.807, 2.05) is 23.1 Å². The second-order valence-corrected chi connectivity index (χ2v) is 10.8. The second-order valence-electron chi connectivity index (χ2n) is 10.8. The highest BCUT2D eigenvalue weighted by atomic mass is 16.4. The minimum Gasteiger partial charge on any atom is -0.478 e. The summed E-state index contributed by atoms with van der Waals surface area (Å²) in [5, 5.41) is 15.0. The third-order valence-corrected chi connectivity index (χ3v) is 8.10. The standard InChI is InChI=1S/C31H28N6O6/c32-25-26(28(39)27(25)38)37-9-1-2-17-4-3-16(10-20(17)14-37)13-33-29(40)23-12-24(35-15-34-23)30(41)36-22-8-6-18-11-19(31(42)43)5-7-21(18)22/h3-5,7,10-12,15,22H,1-2,6,8-9,13-14,32H2,(H,33,40)(H,36,41)(H,42,43)/t22-/m0/s1. The molecule has 5 N–H and O–H groups in total. The van der Waals surface area contributed by atoms with Crippen LogP contribution in [0.1, 0.15) is 78.0 Å². The highest BCUT2D eigenvalue weighted by Crippen LogP contribution is 2.32. The fraction of sp³-hybridized carbons (Fsp3) is 0.258. The minimum atomic E-state index is -1.00. The summed E-state index contributed by atoms with van der Waals surface area (Å²) in [6, 6.07) is 11.8. The molecule has 0 radical (unpaired) electrons. The molecule has 1 aromatic heterocycles. The largest absolute Gasteiger partial charge is 0.478 e. The molecule has 6 rings (SSSR count). The van der Waals surface area contributed by atoms with Gasteiger partial charge in [0.25, 0.3) is 22.7 Å². The maximum atomic E-state index is 13.0. The number of benzene rings is 2. The topological polar surface area (TPSA) is 185 Å². The number of aromatic carboxylic acids is 1. The van der Waals surface area contributed by atoms with Crippen LogP contribution in [0.3, 0.4) is 0 Å². The van der Waals surface area contributed by atoms with Gasteiger partial charge in [-0.3, -0.25) is 19.2 Å². The van der Waals surface area contributed by atoms with Crippen LogP contribution in [0.15, 0.2) is 58.4 Å². The summed E-state index contributed by atoms with van der Waals surface area (Å²) >= 11 is 0. The van der Waals surface area contributed by atoms with E-state index in [1.54, 1.807) is 12.1 Å². The van der Waals surface area contributed by atoms with Crippen LogP contribution in [0.25, 0.3) is 0 Å². The summed E-state index contributed by atoms with van der Waals surface area (Å²) in [7, 11) is 0. The molecule has 1 aliphatic carbocycles. The molecule has 2 amide bonds. The van der Waals surface area contributed by atoms with Gasteiger partial charge in [-0.25, -0.2) is 14.8 Å². The normalized spacial score (nSPS) is 15.8. The molecule has 4 aromatic rings. The lowest BCUT2D eigenvalue weighted by atomic mass is 10.0. The Morgan fingerprint density at radius 1 is 0.930 bits per heavy atom. The number of nitrogen functional groups attached to an aromatic ring is 1. The van der Waals surface area contributed by atoms with Gasteiger partial charge in [-0.05, 0) is 65.6 Å². The van der Waals surface area contributed by atoms with Gasteiger partial charge in [0, 0.05) is 25.7 Å². The van der Waals surface area contributed by atoms with Crippen molar-refractivity contribution in [1.29, 1.82) is 0 Å². The summed E-state index contributed by atoms with van der Waals surface area (Å²) < 4.78 is 0. The molecule has 0 saturated carbocycles. The number of hydrogen-bond acceptors (Lipinski definition) is 9. The number of rotatable bonds is 7. The summed E-state index contributed by atoms with van der Waals surface area (Å²) in [5.41, 5.74) is 9.89. The van der Waals surface area contributed by atoms with Crippen molar-refractivity contribution in [1.82, 2.24) is 20.6 Å². The molecule has 2 aliphatic rings. The number of amides is 2. The van der Waals surface area contributed by atoms with Gasteiger partial charge in [0.15, 0.2) is 0 Å². The maximum Gasteiger partial charge on any atom is 0.335 e. The van der Waals surface area contributed by atoms with Crippen LogP contribution in [0.5, 0.6) is 0 Å². The second kappa shape index (κ2) is 11.1. The average molecular weight is 581 g/mol. The SMILES string of the molecule is Nc1c(N2CCCc3ccc(CNC(=O)c4cc(C(=O)N[C@H]5CCc6cc(C(=O)O)ccc65)ncn4)cc3C2)c(=O)c1=O. The van der Waals surface area contributed by atoms with Crippen molar-refractivity contribution in [2.45, 2.75) is 44.8 Å². The zero-order valence-corrected chi connectivity index (χ0v) is 23.1. The van der Waals surface area contributed by atoms with Crippen LogP contribution >= 0.6 is 0 Å². The average Bonchev–Trinajstić information content (AvgIpc) is 3.30. The van der Waals surface area contributed by atoms with Crippen molar-refractivity contribution in [3.63, 3.8) is 0 Å². The molecule has 0 spiro atoms. The predicted octanol–water partition coefficient (Wildman–Crippen LogP) is 1.65. The van der Waals surface area contributed by atoms with E-state index < -0.39 is 28.6 Å². The molecule has 218 valence electrons. The molecule has 12 heteroatoms. The number of nitrogens with one attached hydrogen (secondary N) is 2. The van der Waals surface area contributed by atoms with E-state index in [0.29, 0.717) is 25.9 Å². The van der Waals surface area contributed by atoms with E-state index in [9.17, 15) is 29.1 Å². The highest BCUT2D eigenvalue weighted by molar-refractivity contribution is 5.97. The molecule has 1 aliphatic heterocycles. The van der Waals surface area contributed by atoms with E-state index in [2.05, 4.69) is 20.6 Å². The van der Waals surface area contributed by atoms with Gasteiger partial charge in [0.2, 0.25) is 0 Å². The third kappa shape index (κ3) is 5.34. The van der Waals surface area contributed by atoms with Crippen LogP contribution in [0, 0.1) is 0 Å². The summed E-state index contributed by atoms with van der Waals surface area (Å²) in [4.78, 5) is 70.8. The number of carbonyl (C=O) groups excluding carboxylic acids is 2. The Morgan fingerprint density at radius 3 is 2.49 bits per heavy atom. The van der Waals surface area contributed by atoms with E-state index >= 15 is 0 Å². The zero-order valence-electron chi connectivity index (χ0n) is 23.1. The van der Waals surface area contributed by atoms with Crippen LogP contribution < -0.4 is 32.1 Å². The molecule has 43 heavy (non-hydrogen) atoms. The molecule has 0 bridgehead atoms. The fourth-order valence-electron chi connectivity index (χ4n) is 5.84. The molecule has 0 fully saturated rings. The number of aryl methyl sites for hydroxylation is 2. The third-order valence-electron chi connectivity index (χ3n) is 8.10. The van der Waals surface area contributed by atoms with Gasteiger partial charge < -0.3 is 26.4 Å². The van der Waals surface area contributed by atoms with Crippen LogP contribution in [0.2, 0.25) is 0 Å². The Hall–Kier alpha value is -5.39. The van der Waals surface area contributed by atoms with Crippen molar-refractivity contribution < 1.29 is 19.5 Å². The Kier molecular flexibility index (Phi) is 7.18. The quantitative estimate of drug-likeness (QED) is 0.234. The molecule has 12 nitrogen and oxygen atoms in total. The zero-order chi connectivity index (χ0) is 30.2. The molecule has 3 aromatic carbocycles. The monoisotopic (exact) mass is 580 g/mol. The van der Waals surface area contributed by atoms with Gasteiger partial charge in [0.05, 0.1) is 11.6 Å². The van der Waals surface area contributed by atoms with Crippen LogP contribution in [0.4, 0.5) is 11.4 Å². The lowest BCUT2D eigenvalue weighted by molar-refractivity contribution is 0.0696. The Balaban J connectivity index is 1.10. The molecule has 0 saturated heterocycles. The van der Waals surface area contributed by atoms with Gasteiger partial charge >= 0.3 is 5.97 Å². The smallest absolute Gasteiger partial charge is 0.335 e. The van der Waals surface area contributed by atoms with E-state index in [1.165, 1.54) is 12.1 Å². The van der Waals surface area contributed by atoms with E-state index in [4.69, 9.17) is 5.73 Å². The number of nitrogens with two attached hydrogens (primary N) is 1. The van der Waals surface area contributed by atoms with Crippen molar-refractivity contribution in [2.24, 2.45) is 0 Å². The minimum absolute atomic E-state index is 0.0113. The van der Waals surface area contributed by atoms with E-state index in [0.717, 1.165) is 47.0 Å². The number of carboxylic acids is 1. The molecular weight excluding hydrogens is 552 g/mol. The van der Waals surface area contributed by atoms with Crippen molar-refractivity contribution in [2.75, 3.05) is 17.2 Å². The predicted molar refractivity (Wildman–Crippen MR) is 157 cm³/mol. The maximum absolute atomic E-state index is 13.0. The fourth-order valence-corrected chi connectivity index (χ4v) is 5.84. The van der Waals surface area contributed by atoms with Crippen molar-refractivity contribution >= 4 is 29.2 Å². The van der Waals surface area contributed by atoms with Gasteiger partial charge in [-0.2, -0.15) is 0 Å². The first-order chi connectivity index (χ1) is 20.7. The van der Waals surface area contributed by atoms with Gasteiger partial charge in [-0.1, -0.05) is 24.3 Å². The molecule has 0 unspecified atom stereocenters. The summed E-state index contributed by atoms with van der Waals surface area (Å²) in [5.74, 6) is -1.94. The molecule has 2 heterocycles. The number of aromatic nitrogens is 2. The lowest BCUT2D eigenvalue weighted by Gasteiger charge is -2.25. The van der Waals surface area contributed by atoms with Gasteiger partial charge in [-0.15, -0.1) is 0 Å². The number of nitrogens with zero attached hydrogens (tertiary/aromatic N) is 3. The highest BCUT2D eigenvalue weighted by Gasteiger charge is 2.27. The number of carboxylic acid groups (broad SMARTS) is 1. The summed E-state index contributed by atoms with van der Waals surface area (Å²) in [6.07, 6.45) is 4.05.